The van der Waals surface area contributed by atoms with E-state index in [1.165, 1.54) is 6.20 Å². The molecule has 0 aliphatic heterocycles. The van der Waals surface area contributed by atoms with Gasteiger partial charge in [-0.25, -0.2) is 10.1 Å². The molecule has 7 heteroatoms. The van der Waals surface area contributed by atoms with Crippen molar-refractivity contribution in [1.29, 1.82) is 0 Å². The predicted octanol–water partition coefficient (Wildman–Crippen LogP) is 0.614. The van der Waals surface area contributed by atoms with Crippen molar-refractivity contribution in [1.82, 2.24) is 15.1 Å². The molecule has 0 fully saturated rings. The number of nitrogens with one attached hydrogen (secondary N) is 1. The fraction of sp³-hybridized carbons (Fsp3) is 0.263. The number of rotatable bonds is 2. The van der Waals surface area contributed by atoms with Gasteiger partial charge < -0.3 is 9.84 Å². The monoisotopic (exact) mass is 375 g/mol. The molecular formula is C19H20KN4O2-. The Morgan fingerprint density at radius 3 is 2.31 bits per heavy atom. The molecule has 3 rings (SSSR count). The van der Waals surface area contributed by atoms with Crippen LogP contribution in [0.25, 0.3) is 0 Å². The summed E-state index contributed by atoms with van der Waals surface area (Å²) in [5, 5.41) is 6.20. The zero-order chi connectivity index (χ0) is 18.3. The molecular weight excluding hydrogens is 355 g/mol. The molecule has 1 N–H and O–H groups in total. The molecule has 0 radical (unpaired) electrons. The molecule has 2 aromatic heterocycles. The minimum absolute atomic E-state index is 0. The quantitative estimate of drug-likeness (QED) is 0.524. The average molecular weight is 375 g/mol. The van der Waals surface area contributed by atoms with Gasteiger partial charge in [0.1, 0.15) is 5.69 Å². The maximum Gasteiger partial charge on any atom is 1.00 e. The van der Waals surface area contributed by atoms with Gasteiger partial charge in [-0.1, -0.05) is 26.5 Å². The van der Waals surface area contributed by atoms with Crippen LogP contribution >= 0.6 is 0 Å². The Morgan fingerprint density at radius 2 is 1.85 bits per heavy atom. The number of hydrogen-bond donors (Lipinski definition) is 1. The molecule has 2 heterocycles. The molecule has 0 saturated carbocycles. The van der Waals surface area contributed by atoms with Crippen molar-refractivity contribution in [3.8, 4) is 0 Å². The van der Waals surface area contributed by atoms with Gasteiger partial charge in [0, 0.05) is 6.20 Å². The van der Waals surface area contributed by atoms with Crippen LogP contribution in [0, 0.1) is 19.2 Å². The van der Waals surface area contributed by atoms with E-state index in [-0.39, 0.29) is 62.7 Å². The maximum absolute atomic E-state index is 11.7. The Labute approximate surface area is 196 Å². The van der Waals surface area contributed by atoms with Crippen molar-refractivity contribution >= 4 is 11.6 Å². The predicted molar refractivity (Wildman–Crippen MR) is 94.0 cm³/mol. The van der Waals surface area contributed by atoms with Gasteiger partial charge in [-0.3, -0.25) is 9.78 Å². The molecule has 3 aromatic rings. The number of hydrogen-bond acceptors (Lipinski definition) is 5. The molecule has 0 bridgehead atoms. The van der Waals surface area contributed by atoms with E-state index in [1.54, 1.807) is 36.5 Å². The summed E-state index contributed by atoms with van der Waals surface area (Å²) in [7, 11) is 0. The summed E-state index contributed by atoms with van der Waals surface area (Å²) < 4.78 is 4.89. The molecule has 0 saturated heterocycles. The Bertz CT molecular complexity index is 783. The van der Waals surface area contributed by atoms with Gasteiger partial charge in [0.2, 0.25) is 0 Å². The van der Waals surface area contributed by atoms with Crippen molar-refractivity contribution in [3.05, 3.63) is 72.1 Å². The van der Waals surface area contributed by atoms with Crippen molar-refractivity contribution in [2.75, 3.05) is 5.32 Å². The van der Waals surface area contributed by atoms with E-state index in [0.29, 0.717) is 11.4 Å². The molecule has 1 amide bonds. The summed E-state index contributed by atoms with van der Waals surface area (Å²) in [4.78, 5) is 19.7. The average Bonchev–Trinajstić information content (AvgIpc) is 3.12. The smallest absolute Gasteiger partial charge is 0.470 e. The Hall–Kier alpha value is -1.38. The number of benzene rings is 1. The molecule has 0 aliphatic carbocycles. The van der Waals surface area contributed by atoms with Crippen LogP contribution in [0.15, 0.2) is 47.2 Å². The Balaban J connectivity index is 0.000000290. The van der Waals surface area contributed by atoms with Crippen molar-refractivity contribution < 1.29 is 60.7 Å². The number of carbonyl (C=O) groups excluding carboxylic acids is 1. The van der Waals surface area contributed by atoms with Crippen molar-refractivity contribution in [2.45, 2.75) is 33.1 Å². The zero-order valence-electron chi connectivity index (χ0n) is 15.7. The summed E-state index contributed by atoms with van der Waals surface area (Å²) in [6, 6.07) is 11.6. The van der Waals surface area contributed by atoms with Crippen LogP contribution in [-0.4, -0.2) is 21.0 Å². The van der Waals surface area contributed by atoms with Gasteiger partial charge in [-0.2, -0.15) is 24.3 Å². The Morgan fingerprint density at radius 1 is 1.15 bits per heavy atom. The molecule has 0 aliphatic rings. The number of aromatic nitrogens is 3. The van der Waals surface area contributed by atoms with Crippen LogP contribution in [0.3, 0.4) is 0 Å². The van der Waals surface area contributed by atoms with Crippen LogP contribution in [-0.2, 0) is 5.41 Å². The molecule has 26 heavy (non-hydrogen) atoms. The van der Waals surface area contributed by atoms with Crippen LogP contribution in [0.4, 0.5) is 5.69 Å². The fourth-order valence-electron chi connectivity index (χ4n) is 1.72. The first-order valence-electron chi connectivity index (χ1n) is 7.75. The molecule has 0 unspecified atom stereocenters. The summed E-state index contributed by atoms with van der Waals surface area (Å²) in [6.45, 7) is 8.03. The minimum Gasteiger partial charge on any atom is -0.470 e. The summed E-state index contributed by atoms with van der Waals surface area (Å²) in [6.07, 6.45) is 5.64. The summed E-state index contributed by atoms with van der Waals surface area (Å²) in [5.41, 5.74) is 1.86. The van der Waals surface area contributed by atoms with Gasteiger partial charge in [-0.15, -0.1) is 18.3 Å². The molecule has 0 atom stereocenters. The fourth-order valence-corrected chi connectivity index (χ4v) is 1.72. The van der Waals surface area contributed by atoms with Gasteiger partial charge in [0.25, 0.3) is 5.91 Å². The number of aryl methyl sites for hydroxylation is 1. The van der Waals surface area contributed by atoms with E-state index in [9.17, 15) is 4.79 Å². The number of nitrogens with zero attached hydrogens (tertiary/aromatic N) is 3. The normalized spacial score (nSPS) is 10.2. The van der Waals surface area contributed by atoms with Crippen LogP contribution < -0.4 is 56.7 Å². The number of anilines is 1. The first-order chi connectivity index (χ1) is 11.9. The van der Waals surface area contributed by atoms with Crippen LogP contribution in [0.2, 0.25) is 0 Å². The first-order valence-corrected chi connectivity index (χ1v) is 7.75. The van der Waals surface area contributed by atoms with E-state index in [0.717, 1.165) is 11.5 Å². The second kappa shape index (κ2) is 10.7. The maximum atomic E-state index is 11.7. The van der Waals surface area contributed by atoms with Gasteiger partial charge in [0.15, 0.2) is 0 Å². The second-order valence-corrected chi connectivity index (χ2v) is 6.36. The second-order valence-electron chi connectivity index (χ2n) is 6.36. The standard InChI is InChI=1S/C12H10N3O.C7H10NO.K/c1-9-7-14-11(8-13-9)12(16)15-10-5-3-2-4-6-10;1-7(2,3)6-4-5-8-9-6;/h3-8H,1H3,(H,15,16);4H,1-3H3;/q2*-1;+1. The van der Waals surface area contributed by atoms with Crippen molar-refractivity contribution in [2.24, 2.45) is 0 Å². The van der Waals surface area contributed by atoms with E-state index < -0.39 is 0 Å². The van der Waals surface area contributed by atoms with Crippen molar-refractivity contribution in [3.63, 3.8) is 0 Å². The molecule has 1 aromatic carbocycles. The van der Waals surface area contributed by atoms with E-state index in [1.807, 2.05) is 6.92 Å². The summed E-state index contributed by atoms with van der Waals surface area (Å²) >= 11 is 0. The largest absolute Gasteiger partial charge is 1.00 e. The molecule has 6 nitrogen and oxygen atoms in total. The zero-order valence-corrected chi connectivity index (χ0v) is 18.8. The third kappa shape index (κ3) is 7.47. The third-order valence-corrected chi connectivity index (χ3v) is 3.12. The van der Waals surface area contributed by atoms with Gasteiger partial charge in [-0.05, 0) is 18.1 Å². The number of amides is 1. The summed E-state index contributed by atoms with van der Waals surface area (Å²) in [5.74, 6) is 0.612. The molecule has 0 spiro atoms. The van der Waals surface area contributed by atoms with E-state index >= 15 is 0 Å². The van der Waals surface area contributed by atoms with Gasteiger partial charge >= 0.3 is 51.4 Å². The van der Waals surface area contributed by atoms with Crippen LogP contribution in [0.1, 0.15) is 42.7 Å². The first kappa shape index (κ1) is 22.7. The van der Waals surface area contributed by atoms with E-state index in [2.05, 4.69) is 53.5 Å². The third-order valence-electron chi connectivity index (χ3n) is 3.12. The SMILES string of the molecule is CC(C)(C)c1c[c-]no1.Cc1cnc(C(=O)Nc2cc[c-]cc2)cn1.[K+]. The minimum atomic E-state index is -0.265. The molecule has 130 valence electrons. The van der Waals surface area contributed by atoms with Gasteiger partial charge in [0.05, 0.1) is 11.9 Å². The van der Waals surface area contributed by atoms with E-state index in [4.69, 9.17) is 4.52 Å². The topological polar surface area (TPSA) is 80.9 Å². The van der Waals surface area contributed by atoms with Crippen LogP contribution in [0.5, 0.6) is 0 Å². The Kier molecular flexibility index (Phi) is 9.32. The number of carbonyl (C=O) groups is 1.